The molecule has 0 unspecified atom stereocenters. The van der Waals surface area contributed by atoms with Crippen LogP contribution in [-0.4, -0.2) is 21.6 Å². The van der Waals surface area contributed by atoms with Crippen molar-refractivity contribution in [3.63, 3.8) is 0 Å². The van der Waals surface area contributed by atoms with E-state index in [-0.39, 0.29) is 18.0 Å². The molecule has 4 aromatic rings. The molecule has 1 N–H and O–H groups in total. The summed E-state index contributed by atoms with van der Waals surface area (Å²) in [5.74, 6) is -1.12. The number of amides is 1. The van der Waals surface area contributed by atoms with Gasteiger partial charge in [-0.25, -0.2) is 4.79 Å². The van der Waals surface area contributed by atoms with E-state index >= 15 is 0 Å². The van der Waals surface area contributed by atoms with Gasteiger partial charge < -0.3 is 14.6 Å². The number of para-hydroxylation sites is 1. The number of carboxylic acid groups (broad SMARTS) is 1. The van der Waals surface area contributed by atoms with Crippen LogP contribution in [-0.2, 0) is 13.0 Å². The van der Waals surface area contributed by atoms with E-state index in [9.17, 15) is 14.7 Å². The van der Waals surface area contributed by atoms with Crippen molar-refractivity contribution in [3.8, 4) is 5.69 Å². The first-order chi connectivity index (χ1) is 15.6. The van der Waals surface area contributed by atoms with Crippen LogP contribution >= 0.6 is 0 Å². The molecular formula is C27H24N2O3. The topological polar surface area (TPSA) is 62.5 Å². The number of nitrogens with zero attached hydrogens (tertiary/aromatic N) is 2. The summed E-state index contributed by atoms with van der Waals surface area (Å²) in [5, 5.41) is 9.35. The van der Waals surface area contributed by atoms with Crippen LogP contribution in [0.5, 0.6) is 0 Å². The number of hydrogen-bond acceptors (Lipinski definition) is 2. The van der Waals surface area contributed by atoms with E-state index in [0.717, 1.165) is 28.9 Å². The Balaban J connectivity index is 1.71. The van der Waals surface area contributed by atoms with Crippen molar-refractivity contribution < 1.29 is 14.7 Å². The Labute approximate surface area is 187 Å². The van der Waals surface area contributed by atoms with Crippen LogP contribution in [0, 0.1) is 0 Å². The Morgan fingerprint density at radius 3 is 2.25 bits per heavy atom. The largest absolute Gasteiger partial charge is 0.478 e. The second-order valence-corrected chi connectivity index (χ2v) is 7.52. The van der Waals surface area contributed by atoms with Crippen LogP contribution < -0.4 is 4.90 Å². The summed E-state index contributed by atoms with van der Waals surface area (Å²) in [6, 6.07) is 25.9. The Bertz CT molecular complexity index is 1230. The van der Waals surface area contributed by atoms with Crippen molar-refractivity contribution in [2.45, 2.75) is 19.9 Å². The quantitative estimate of drug-likeness (QED) is 0.421. The number of carbonyl (C=O) groups excluding carboxylic acids is 1. The highest BCUT2D eigenvalue weighted by Crippen LogP contribution is 2.26. The minimum absolute atomic E-state index is 0.134. The Kier molecular flexibility index (Phi) is 6.17. The number of aromatic nitrogens is 1. The van der Waals surface area contributed by atoms with E-state index in [4.69, 9.17) is 0 Å². The van der Waals surface area contributed by atoms with Gasteiger partial charge in [-0.15, -0.1) is 0 Å². The molecule has 1 aromatic heterocycles. The van der Waals surface area contributed by atoms with Gasteiger partial charge in [0.05, 0.1) is 12.1 Å². The number of aromatic carboxylic acids is 1. The normalized spacial score (nSPS) is 10.7. The number of carbonyl (C=O) groups is 2. The molecule has 0 aliphatic carbocycles. The molecule has 3 aromatic carbocycles. The molecule has 4 rings (SSSR count). The van der Waals surface area contributed by atoms with Crippen molar-refractivity contribution in [1.82, 2.24) is 4.57 Å². The zero-order chi connectivity index (χ0) is 22.5. The molecule has 0 spiro atoms. The molecule has 0 aliphatic heterocycles. The number of carboxylic acids is 1. The minimum atomic E-state index is -0.987. The average Bonchev–Trinajstić information content (AvgIpc) is 3.37. The third kappa shape index (κ3) is 4.47. The lowest BCUT2D eigenvalue weighted by Gasteiger charge is -2.26. The number of benzene rings is 3. The van der Waals surface area contributed by atoms with E-state index in [1.54, 1.807) is 23.1 Å². The molecule has 5 heteroatoms. The zero-order valence-corrected chi connectivity index (χ0v) is 17.8. The van der Waals surface area contributed by atoms with Crippen LogP contribution in [0.25, 0.3) is 5.69 Å². The Hall–Kier alpha value is -4.12. The van der Waals surface area contributed by atoms with Gasteiger partial charge in [0.15, 0.2) is 0 Å². The maximum atomic E-state index is 13.6. The number of rotatable bonds is 7. The third-order valence-corrected chi connectivity index (χ3v) is 5.44. The first-order valence-electron chi connectivity index (χ1n) is 10.5. The second kappa shape index (κ2) is 9.35. The summed E-state index contributed by atoms with van der Waals surface area (Å²) in [6.45, 7) is 2.33. The molecule has 0 atom stereocenters. The fourth-order valence-corrected chi connectivity index (χ4v) is 3.76. The third-order valence-electron chi connectivity index (χ3n) is 5.44. The lowest BCUT2D eigenvalue weighted by Crippen LogP contribution is -2.31. The highest BCUT2D eigenvalue weighted by atomic mass is 16.4. The number of anilines is 1. The smallest absolute Gasteiger partial charge is 0.335 e. The highest BCUT2D eigenvalue weighted by molar-refractivity contribution is 6.06. The van der Waals surface area contributed by atoms with E-state index in [2.05, 4.69) is 6.92 Å². The molecule has 160 valence electrons. The van der Waals surface area contributed by atoms with Crippen molar-refractivity contribution in [2.24, 2.45) is 0 Å². The molecule has 0 saturated carbocycles. The van der Waals surface area contributed by atoms with E-state index in [1.165, 1.54) is 0 Å². The van der Waals surface area contributed by atoms with Gasteiger partial charge in [-0.2, -0.15) is 0 Å². The maximum Gasteiger partial charge on any atom is 0.335 e. The monoisotopic (exact) mass is 424 g/mol. The molecule has 1 amide bonds. The van der Waals surface area contributed by atoms with Gasteiger partial charge in [-0.1, -0.05) is 37.3 Å². The SMILES string of the molecule is CCc1ccccc1N(Cc1cccc(C(=O)O)c1)C(=O)c1ccc(-n2cccc2)cc1. The van der Waals surface area contributed by atoms with Gasteiger partial charge in [0.2, 0.25) is 0 Å². The molecule has 0 bridgehead atoms. The summed E-state index contributed by atoms with van der Waals surface area (Å²) in [5.41, 5.74) is 4.39. The molecule has 5 nitrogen and oxygen atoms in total. The van der Waals surface area contributed by atoms with Crippen LogP contribution in [0.1, 0.15) is 38.8 Å². The lowest BCUT2D eigenvalue weighted by atomic mass is 10.1. The standard InChI is InChI=1S/C27H24N2O3/c1-2-21-9-3-4-11-25(21)29(19-20-8-7-10-23(18-20)27(31)32)26(30)22-12-14-24(15-13-22)28-16-5-6-17-28/h3-18H,2,19H2,1H3,(H,31,32). The van der Waals surface area contributed by atoms with Gasteiger partial charge in [0.25, 0.3) is 5.91 Å². The number of hydrogen-bond donors (Lipinski definition) is 1. The molecule has 0 fully saturated rings. The molecule has 0 saturated heterocycles. The average molecular weight is 425 g/mol. The zero-order valence-electron chi connectivity index (χ0n) is 17.8. The van der Waals surface area contributed by atoms with Gasteiger partial charge in [0, 0.05) is 29.3 Å². The van der Waals surface area contributed by atoms with E-state index < -0.39 is 5.97 Å². The van der Waals surface area contributed by atoms with E-state index in [1.807, 2.05) is 83.7 Å². The van der Waals surface area contributed by atoms with Crippen LogP contribution in [0.4, 0.5) is 5.69 Å². The molecule has 0 radical (unpaired) electrons. The van der Waals surface area contributed by atoms with Crippen LogP contribution in [0.3, 0.4) is 0 Å². The maximum absolute atomic E-state index is 13.6. The van der Waals surface area contributed by atoms with Crippen molar-refractivity contribution in [3.05, 3.63) is 120 Å². The van der Waals surface area contributed by atoms with Gasteiger partial charge >= 0.3 is 5.97 Å². The Morgan fingerprint density at radius 1 is 0.844 bits per heavy atom. The van der Waals surface area contributed by atoms with Crippen molar-refractivity contribution in [1.29, 1.82) is 0 Å². The first-order valence-corrected chi connectivity index (χ1v) is 10.5. The van der Waals surface area contributed by atoms with Crippen LogP contribution in [0.15, 0.2) is 97.3 Å². The van der Waals surface area contributed by atoms with Gasteiger partial charge in [0.1, 0.15) is 0 Å². The molecule has 1 heterocycles. The fraction of sp³-hybridized carbons (Fsp3) is 0.111. The summed E-state index contributed by atoms with van der Waals surface area (Å²) in [4.78, 5) is 26.8. The highest BCUT2D eigenvalue weighted by Gasteiger charge is 2.21. The second-order valence-electron chi connectivity index (χ2n) is 7.52. The first kappa shape index (κ1) is 21.1. The van der Waals surface area contributed by atoms with Crippen molar-refractivity contribution >= 4 is 17.6 Å². The predicted octanol–water partition coefficient (Wildman–Crippen LogP) is 5.58. The molecule has 0 aliphatic rings. The molecule has 32 heavy (non-hydrogen) atoms. The van der Waals surface area contributed by atoms with Crippen LogP contribution in [0.2, 0.25) is 0 Å². The summed E-state index contributed by atoms with van der Waals surface area (Å²) in [6.07, 6.45) is 4.69. The van der Waals surface area contributed by atoms with Gasteiger partial charge in [-0.3, -0.25) is 4.79 Å². The van der Waals surface area contributed by atoms with E-state index in [0.29, 0.717) is 5.56 Å². The Morgan fingerprint density at radius 2 is 1.56 bits per heavy atom. The summed E-state index contributed by atoms with van der Waals surface area (Å²) >= 11 is 0. The van der Waals surface area contributed by atoms with Crippen molar-refractivity contribution in [2.75, 3.05) is 4.90 Å². The number of aryl methyl sites for hydroxylation is 1. The lowest BCUT2D eigenvalue weighted by molar-refractivity contribution is 0.0696. The fourth-order valence-electron chi connectivity index (χ4n) is 3.76. The van der Waals surface area contributed by atoms with Gasteiger partial charge in [-0.05, 0) is 72.1 Å². The summed E-state index contributed by atoms with van der Waals surface area (Å²) < 4.78 is 1.98. The predicted molar refractivity (Wildman–Crippen MR) is 126 cm³/mol. The summed E-state index contributed by atoms with van der Waals surface area (Å²) in [7, 11) is 0. The molecular weight excluding hydrogens is 400 g/mol. The minimum Gasteiger partial charge on any atom is -0.478 e.